The molecule has 0 spiro atoms. The predicted octanol–water partition coefficient (Wildman–Crippen LogP) is 2.37. The maximum Gasteiger partial charge on any atom is 0.337 e. The Balaban J connectivity index is 3.30. The molecule has 1 aromatic carbocycles. The molecule has 0 bridgehead atoms. The summed E-state index contributed by atoms with van der Waals surface area (Å²) in [7, 11) is 1.27. The highest BCUT2D eigenvalue weighted by molar-refractivity contribution is 9.09. The van der Waals surface area contributed by atoms with Crippen molar-refractivity contribution in [1.29, 1.82) is 5.26 Å². The monoisotopic (exact) mass is 295 g/mol. The number of ether oxygens (including phenoxy) is 1. The van der Waals surface area contributed by atoms with Crippen molar-refractivity contribution in [2.75, 3.05) is 7.11 Å². The molecule has 88 valence electrons. The fraction of sp³-hybridized carbons (Fsp3) is 0.250. The maximum atomic E-state index is 11.4. The molecular formula is C12H10BrNO3. The Morgan fingerprint density at radius 2 is 2.12 bits per heavy atom. The number of hydrogen-bond donors (Lipinski definition) is 0. The van der Waals surface area contributed by atoms with Crippen molar-refractivity contribution in [1.82, 2.24) is 0 Å². The number of Topliss-reactive ketones (excluding diaryl/α,β-unsaturated/α-hetero) is 1. The molecule has 0 heterocycles. The van der Waals surface area contributed by atoms with Crippen LogP contribution in [-0.4, -0.2) is 18.9 Å². The minimum absolute atomic E-state index is 0.136. The van der Waals surface area contributed by atoms with E-state index in [1.54, 1.807) is 0 Å². The second-order valence-electron chi connectivity index (χ2n) is 3.38. The zero-order valence-corrected chi connectivity index (χ0v) is 10.9. The molecule has 0 aliphatic carbocycles. The van der Waals surface area contributed by atoms with Crippen molar-refractivity contribution in [2.45, 2.75) is 11.8 Å². The molecule has 17 heavy (non-hydrogen) atoms. The van der Waals surface area contributed by atoms with Crippen molar-refractivity contribution in [3.05, 3.63) is 34.9 Å². The first-order valence-electron chi connectivity index (χ1n) is 4.78. The van der Waals surface area contributed by atoms with Gasteiger partial charge in [0.15, 0.2) is 0 Å². The zero-order valence-electron chi connectivity index (χ0n) is 9.36. The van der Waals surface area contributed by atoms with Crippen molar-refractivity contribution in [3.8, 4) is 6.07 Å². The van der Waals surface area contributed by atoms with E-state index in [1.807, 2.05) is 6.07 Å². The molecular weight excluding hydrogens is 286 g/mol. The molecule has 0 N–H and O–H groups in total. The molecule has 0 saturated heterocycles. The Morgan fingerprint density at radius 3 is 2.59 bits per heavy atom. The first-order valence-corrected chi connectivity index (χ1v) is 5.69. The summed E-state index contributed by atoms with van der Waals surface area (Å²) in [5.74, 6) is -0.637. The highest BCUT2D eigenvalue weighted by Gasteiger charge is 2.19. The summed E-state index contributed by atoms with van der Waals surface area (Å²) in [5, 5.41) is 8.94. The van der Waals surface area contributed by atoms with E-state index in [2.05, 4.69) is 20.7 Å². The smallest absolute Gasteiger partial charge is 0.337 e. The molecule has 0 aromatic heterocycles. The number of carbonyl (C=O) groups excluding carboxylic acids is 2. The Kier molecular flexibility index (Phi) is 4.41. The van der Waals surface area contributed by atoms with E-state index in [-0.39, 0.29) is 5.78 Å². The molecule has 1 rings (SSSR count). The van der Waals surface area contributed by atoms with Crippen LogP contribution >= 0.6 is 15.9 Å². The van der Waals surface area contributed by atoms with Crippen molar-refractivity contribution >= 4 is 27.7 Å². The van der Waals surface area contributed by atoms with Gasteiger partial charge in [-0.1, -0.05) is 15.9 Å². The van der Waals surface area contributed by atoms with Gasteiger partial charge < -0.3 is 4.74 Å². The van der Waals surface area contributed by atoms with Gasteiger partial charge in [0.25, 0.3) is 0 Å². The van der Waals surface area contributed by atoms with Crippen LogP contribution in [0.25, 0.3) is 0 Å². The number of nitrogens with zero attached hydrogens (tertiary/aromatic N) is 1. The molecule has 0 aliphatic heterocycles. The third kappa shape index (κ3) is 2.92. The largest absolute Gasteiger partial charge is 0.465 e. The molecule has 0 amide bonds. The van der Waals surface area contributed by atoms with Gasteiger partial charge in [-0.15, -0.1) is 0 Å². The quantitative estimate of drug-likeness (QED) is 0.634. The van der Waals surface area contributed by atoms with Gasteiger partial charge in [0.1, 0.15) is 5.78 Å². The summed E-state index contributed by atoms with van der Waals surface area (Å²) in [6.45, 7) is 1.41. The first kappa shape index (κ1) is 13.4. The minimum atomic E-state index is -0.596. The highest BCUT2D eigenvalue weighted by atomic mass is 79.9. The van der Waals surface area contributed by atoms with E-state index in [4.69, 9.17) is 5.26 Å². The van der Waals surface area contributed by atoms with Crippen LogP contribution in [0.15, 0.2) is 18.2 Å². The molecule has 0 radical (unpaired) electrons. The summed E-state index contributed by atoms with van der Waals surface area (Å²) in [6, 6.07) is 6.47. The summed E-state index contributed by atoms with van der Waals surface area (Å²) < 4.78 is 4.58. The van der Waals surface area contributed by atoms with Gasteiger partial charge in [-0.25, -0.2) is 4.79 Å². The molecule has 5 heteroatoms. The summed E-state index contributed by atoms with van der Waals surface area (Å²) in [6.07, 6.45) is 0. The van der Waals surface area contributed by atoms with Crippen LogP contribution in [0.5, 0.6) is 0 Å². The number of esters is 1. The van der Waals surface area contributed by atoms with E-state index in [1.165, 1.54) is 32.2 Å². The van der Waals surface area contributed by atoms with E-state index >= 15 is 0 Å². The lowest BCUT2D eigenvalue weighted by Gasteiger charge is -2.10. The standard InChI is InChI=1S/C12H10BrNO3/c1-7(15)11(13)10-5-8(12(16)17-2)3-4-9(10)6-14/h3-5,11H,1-2H3. The topological polar surface area (TPSA) is 67.2 Å². The third-order valence-electron chi connectivity index (χ3n) is 2.22. The number of methoxy groups -OCH3 is 1. The van der Waals surface area contributed by atoms with Crippen molar-refractivity contribution in [2.24, 2.45) is 0 Å². The number of ketones is 1. The molecule has 0 fully saturated rings. The SMILES string of the molecule is COC(=O)c1ccc(C#N)c(C(Br)C(C)=O)c1. The maximum absolute atomic E-state index is 11.4. The number of nitriles is 1. The van der Waals surface area contributed by atoms with E-state index < -0.39 is 10.8 Å². The van der Waals surface area contributed by atoms with Crippen LogP contribution in [0.2, 0.25) is 0 Å². The fourth-order valence-electron chi connectivity index (χ4n) is 1.34. The van der Waals surface area contributed by atoms with Crippen LogP contribution in [-0.2, 0) is 9.53 Å². The Labute approximate surface area is 107 Å². The van der Waals surface area contributed by atoms with Crippen LogP contribution in [0.1, 0.15) is 33.2 Å². The van der Waals surface area contributed by atoms with Crippen LogP contribution in [0.3, 0.4) is 0 Å². The van der Waals surface area contributed by atoms with Crippen LogP contribution in [0.4, 0.5) is 0 Å². The van der Waals surface area contributed by atoms with Crippen LogP contribution in [0, 0.1) is 11.3 Å². The van der Waals surface area contributed by atoms with Gasteiger partial charge in [0.2, 0.25) is 0 Å². The second kappa shape index (κ2) is 5.60. The number of carbonyl (C=O) groups is 2. The first-order chi connectivity index (χ1) is 8.01. The van der Waals surface area contributed by atoms with E-state index in [9.17, 15) is 9.59 Å². The number of rotatable bonds is 3. The Morgan fingerprint density at radius 1 is 1.47 bits per heavy atom. The van der Waals surface area contributed by atoms with Crippen molar-refractivity contribution in [3.63, 3.8) is 0 Å². The number of benzene rings is 1. The van der Waals surface area contributed by atoms with Crippen LogP contribution < -0.4 is 0 Å². The molecule has 0 saturated carbocycles. The lowest BCUT2D eigenvalue weighted by Crippen LogP contribution is -2.07. The highest BCUT2D eigenvalue weighted by Crippen LogP contribution is 2.27. The lowest BCUT2D eigenvalue weighted by molar-refractivity contribution is -0.116. The average Bonchev–Trinajstić information content (AvgIpc) is 2.35. The normalized spacial score (nSPS) is 11.4. The van der Waals surface area contributed by atoms with Gasteiger partial charge in [-0.3, -0.25) is 4.79 Å². The summed E-state index contributed by atoms with van der Waals surface area (Å²) in [5.41, 5.74) is 1.14. The van der Waals surface area contributed by atoms with Gasteiger partial charge in [-0.05, 0) is 30.7 Å². The van der Waals surface area contributed by atoms with E-state index in [0.717, 1.165) is 0 Å². The summed E-state index contributed by atoms with van der Waals surface area (Å²) in [4.78, 5) is 22.0. The molecule has 4 nitrogen and oxygen atoms in total. The van der Waals surface area contributed by atoms with E-state index in [0.29, 0.717) is 16.7 Å². The van der Waals surface area contributed by atoms with Crippen molar-refractivity contribution < 1.29 is 14.3 Å². The fourth-order valence-corrected chi connectivity index (χ4v) is 1.72. The molecule has 1 unspecified atom stereocenters. The van der Waals surface area contributed by atoms with Gasteiger partial charge in [0, 0.05) is 0 Å². The van der Waals surface area contributed by atoms with Gasteiger partial charge in [-0.2, -0.15) is 5.26 Å². The van der Waals surface area contributed by atoms with Gasteiger partial charge >= 0.3 is 5.97 Å². The minimum Gasteiger partial charge on any atom is -0.465 e. The predicted molar refractivity (Wildman–Crippen MR) is 64.8 cm³/mol. The van der Waals surface area contributed by atoms with Gasteiger partial charge in [0.05, 0.1) is 29.1 Å². The Hall–Kier alpha value is -1.67. The number of halogens is 1. The zero-order chi connectivity index (χ0) is 13.0. The molecule has 0 aliphatic rings. The Bertz CT molecular complexity index is 505. The average molecular weight is 296 g/mol. The lowest BCUT2D eigenvalue weighted by atomic mass is 10.0. The third-order valence-corrected chi connectivity index (χ3v) is 3.36. The molecule has 1 atom stereocenters. The second-order valence-corrected chi connectivity index (χ2v) is 4.29. The molecule has 1 aromatic rings. The summed E-state index contributed by atoms with van der Waals surface area (Å²) >= 11 is 3.19. The number of hydrogen-bond acceptors (Lipinski definition) is 4. The number of alkyl halides is 1.